The van der Waals surface area contributed by atoms with E-state index in [0.717, 1.165) is 24.5 Å². The molecule has 2 heterocycles. The Morgan fingerprint density at radius 3 is 2.35 bits per heavy atom. The first-order valence-corrected chi connectivity index (χ1v) is 7.05. The molecule has 20 heavy (non-hydrogen) atoms. The van der Waals surface area contributed by atoms with E-state index in [0.29, 0.717) is 5.70 Å². The SMILES string of the molecule is CC1=N/C(=C\c2ccc(N3CCCC3)cc2)C(=O)N1C. The second-order valence-electron chi connectivity index (χ2n) is 5.34. The monoisotopic (exact) mass is 269 g/mol. The van der Waals surface area contributed by atoms with Gasteiger partial charge in [-0.25, -0.2) is 4.99 Å². The van der Waals surface area contributed by atoms with Crippen LogP contribution in [0.15, 0.2) is 35.0 Å². The third-order valence-electron chi connectivity index (χ3n) is 3.96. The first kappa shape index (κ1) is 12.9. The number of hydrogen-bond donors (Lipinski definition) is 0. The number of benzene rings is 1. The minimum Gasteiger partial charge on any atom is -0.372 e. The molecular weight excluding hydrogens is 250 g/mol. The van der Waals surface area contributed by atoms with Gasteiger partial charge < -0.3 is 4.90 Å². The van der Waals surface area contributed by atoms with Gasteiger partial charge in [-0.15, -0.1) is 0 Å². The molecule has 3 rings (SSSR count). The predicted octanol–water partition coefficient (Wildman–Crippen LogP) is 2.52. The molecule has 0 atom stereocenters. The first-order chi connectivity index (χ1) is 9.65. The van der Waals surface area contributed by atoms with E-state index in [9.17, 15) is 4.79 Å². The van der Waals surface area contributed by atoms with E-state index in [4.69, 9.17) is 0 Å². The molecular formula is C16H19N3O. The van der Waals surface area contributed by atoms with Gasteiger partial charge in [0, 0.05) is 25.8 Å². The molecule has 0 saturated carbocycles. The number of anilines is 1. The van der Waals surface area contributed by atoms with Gasteiger partial charge in [-0.1, -0.05) is 12.1 Å². The van der Waals surface area contributed by atoms with Crippen LogP contribution in [0.2, 0.25) is 0 Å². The quantitative estimate of drug-likeness (QED) is 0.773. The summed E-state index contributed by atoms with van der Waals surface area (Å²) in [5.74, 6) is 0.709. The van der Waals surface area contributed by atoms with E-state index in [1.807, 2.05) is 13.0 Å². The molecule has 0 aliphatic carbocycles. The largest absolute Gasteiger partial charge is 0.372 e. The van der Waals surface area contributed by atoms with Crippen LogP contribution in [-0.2, 0) is 4.79 Å². The minimum absolute atomic E-state index is 0.0360. The minimum atomic E-state index is -0.0360. The van der Waals surface area contributed by atoms with Crippen LogP contribution in [-0.4, -0.2) is 36.8 Å². The van der Waals surface area contributed by atoms with Gasteiger partial charge in [0.05, 0.1) is 0 Å². The number of rotatable bonds is 2. The summed E-state index contributed by atoms with van der Waals surface area (Å²) < 4.78 is 0. The van der Waals surface area contributed by atoms with E-state index < -0.39 is 0 Å². The van der Waals surface area contributed by atoms with Crippen molar-refractivity contribution in [2.45, 2.75) is 19.8 Å². The Bertz CT molecular complexity index is 580. The molecule has 1 fully saturated rings. The molecule has 2 aliphatic rings. The summed E-state index contributed by atoms with van der Waals surface area (Å²) in [4.78, 5) is 20.2. The highest BCUT2D eigenvalue weighted by Gasteiger charge is 2.23. The fourth-order valence-corrected chi connectivity index (χ4v) is 2.62. The van der Waals surface area contributed by atoms with E-state index in [1.54, 1.807) is 11.9 Å². The fourth-order valence-electron chi connectivity index (χ4n) is 2.62. The Hall–Kier alpha value is -2.10. The number of carbonyl (C=O) groups is 1. The van der Waals surface area contributed by atoms with Crippen LogP contribution in [0.3, 0.4) is 0 Å². The van der Waals surface area contributed by atoms with Gasteiger partial charge in [-0.3, -0.25) is 9.69 Å². The van der Waals surface area contributed by atoms with Crippen LogP contribution in [0.25, 0.3) is 6.08 Å². The predicted molar refractivity (Wildman–Crippen MR) is 81.7 cm³/mol. The van der Waals surface area contributed by atoms with Crippen molar-refractivity contribution in [1.82, 2.24) is 4.90 Å². The Balaban J connectivity index is 1.80. The van der Waals surface area contributed by atoms with Crippen LogP contribution in [0, 0.1) is 0 Å². The molecule has 2 aliphatic heterocycles. The van der Waals surface area contributed by atoms with E-state index >= 15 is 0 Å². The van der Waals surface area contributed by atoms with E-state index in [1.165, 1.54) is 18.5 Å². The zero-order chi connectivity index (χ0) is 14.1. The smallest absolute Gasteiger partial charge is 0.277 e. The zero-order valence-electron chi connectivity index (χ0n) is 12.0. The highest BCUT2D eigenvalue weighted by atomic mass is 16.2. The molecule has 4 heteroatoms. The van der Waals surface area contributed by atoms with Crippen molar-refractivity contribution in [3.05, 3.63) is 35.5 Å². The highest BCUT2D eigenvalue weighted by Crippen LogP contribution is 2.22. The molecule has 104 valence electrons. The highest BCUT2D eigenvalue weighted by molar-refractivity contribution is 6.13. The lowest BCUT2D eigenvalue weighted by atomic mass is 10.1. The topological polar surface area (TPSA) is 35.9 Å². The van der Waals surface area contributed by atoms with Crippen molar-refractivity contribution in [2.24, 2.45) is 4.99 Å². The molecule has 1 aromatic carbocycles. The third kappa shape index (κ3) is 2.33. The number of amides is 1. The van der Waals surface area contributed by atoms with Gasteiger partial charge in [-0.2, -0.15) is 0 Å². The van der Waals surface area contributed by atoms with Crippen LogP contribution in [0.4, 0.5) is 5.69 Å². The first-order valence-electron chi connectivity index (χ1n) is 7.05. The zero-order valence-corrected chi connectivity index (χ0v) is 12.0. The summed E-state index contributed by atoms with van der Waals surface area (Å²) >= 11 is 0. The third-order valence-corrected chi connectivity index (χ3v) is 3.96. The number of carbonyl (C=O) groups excluding carboxylic acids is 1. The van der Waals surface area contributed by atoms with Gasteiger partial charge in [-0.05, 0) is 43.5 Å². The van der Waals surface area contributed by atoms with Gasteiger partial charge in [0.1, 0.15) is 11.5 Å². The molecule has 0 bridgehead atoms. The van der Waals surface area contributed by atoms with Crippen molar-refractivity contribution in [1.29, 1.82) is 0 Å². The molecule has 0 N–H and O–H groups in total. The van der Waals surface area contributed by atoms with Crippen LogP contribution < -0.4 is 4.90 Å². The maximum Gasteiger partial charge on any atom is 0.277 e. The molecule has 1 saturated heterocycles. The van der Waals surface area contributed by atoms with Crippen LogP contribution >= 0.6 is 0 Å². The Morgan fingerprint density at radius 1 is 1.15 bits per heavy atom. The lowest BCUT2D eigenvalue weighted by molar-refractivity contribution is -0.121. The molecule has 0 radical (unpaired) electrons. The van der Waals surface area contributed by atoms with Gasteiger partial charge in [0.15, 0.2) is 0 Å². The second kappa shape index (κ2) is 5.12. The normalized spacial score (nSPS) is 21.0. The Kier molecular flexibility index (Phi) is 3.30. The summed E-state index contributed by atoms with van der Waals surface area (Å²) in [7, 11) is 1.75. The summed E-state index contributed by atoms with van der Waals surface area (Å²) in [5, 5.41) is 0. The lowest BCUT2D eigenvalue weighted by Crippen LogP contribution is -2.25. The molecule has 4 nitrogen and oxygen atoms in total. The van der Waals surface area contributed by atoms with Gasteiger partial charge in [0.25, 0.3) is 5.91 Å². The molecule has 1 amide bonds. The summed E-state index contributed by atoms with van der Waals surface area (Å²) in [5.41, 5.74) is 2.79. The summed E-state index contributed by atoms with van der Waals surface area (Å²) in [6, 6.07) is 8.35. The van der Waals surface area contributed by atoms with Crippen molar-refractivity contribution in [2.75, 3.05) is 25.0 Å². The maximum atomic E-state index is 11.9. The van der Waals surface area contributed by atoms with Crippen molar-refractivity contribution in [3.8, 4) is 0 Å². The average Bonchev–Trinajstić information content (AvgIpc) is 3.06. The van der Waals surface area contributed by atoms with Crippen molar-refractivity contribution < 1.29 is 4.79 Å². The number of likely N-dealkylation sites (N-methyl/N-ethyl adjacent to an activating group) is 1. The summed E-state index contributed by atoms with van der Waals surface area (Å²) in [6.45, 7) is 4.13. The van der Waals surface area contributed by atoms with Crippen molar-refractivity contribution in [3.63, 3.8) is 0 Å². The molecule has 1 aromatic rings. The maximum absolute atomic E-state index is 11.9. The van der Waals surface area contributed by atoms with Gasteiger partial charge in [0.2, 0.25) is 0 Å². The van der Waals surface area contributed by atoms with Crippen LogP contribution in [0.5, 0.6) is 0 Å². The molecule has 0 spiro atoms. The average molecular weight is 269 g/mol. The molecule has 0 unspecified atom stereocenters. The van der Waals surface area contributed by atoms with E-state index in [2.05, 4.69) is 34.2 Å². The standard InChI is InChI=1S/C16H19N3O/c1-12-17-15(16(20)18(12)2)11-13-5-7-14(8-6-13)19-9-3-4-10-19/h5-8,11H,3-4,9-10H2,1-2H3/b15-11-. The Morgan fingerprint density at radius 2 is 1.80 bits per heavy atom. The number of nitrogens with zero attached hydrogens (tertiary/aromatic N) is 3. The number of aliphatic imine (C=N–C) groups is 1. The second-order valence-corrected chi connectivity index (χ2v) is 5.34. The molecule has 0 aromatic heterocycles. The summed E-state index contributed by atoms with van der Waals surface area (Å²) in [6.07, 6.45) is 4.41. The van der Waals surface area contributed by atoms with E-state index in [-0.39, 0.29) is 5.91 Å². The van der Waals surface area contributed by atoms with Crippen LogP contribution in [0.1, 0.15) is 25.3 Å². The lowest BCUT2D eigenvalue weighted by Gasteiger charge is -2.17. The fraction of sp³-hybridized carbons (Fsp3) is 0.375. The number of hydrogen-bond acceptors (Lipinski definition) is 3. The van der Waals surface area contributed by atoms with Gasteiger partial charge >= 0.3 is 0 Å². The number of amidine groups is 1. The Labute approximate surface area is 119 Å². The van der Waals surface area contributed by atoms with Crippen molar-refractivity contribution >= 4 is 23.5 Å².